The highest BCUT2D eigenvalue weighted by molar-refractivity contribution is 5.96. The van der Waals surface area contributed by atoms with Gasteiger partial charge in [-0.25, -0.2) is 0 Å². The molecule has 0 spiro atoms. The molecule has 0 fully saturated rings. The van der Waals surface area contributed by atoms with Crippen molar-refractivity contribution in [1.82, 2.24) is 10.6 Å². The fourth-order valence-corrected chi connectivity index (χ4v) is 3.31. The Hall–Kier alpha value is -3.88. The largest absolute Gasteiger partial charge is 0.497 e. The fraction of sp³-hybridized carbons (Fsp3) is 0.360. The molecule has 9 nitrogen and oxygen atoms in total. The van der Waals surface area contributed by atoms with Gasteiger partial charge < -0.3 is 25.4 Å². The van der Waals surface area contributed by atoms with Gasteiger partial charge in [-0.05, 0) is 49.6 Å². The Bertz CT molecular complexity index is 1020. The first kappa shape index (κ1) is 26.4. The molecule has 2 rings (SSSR count). The molecule has 0 aromatic heterocycles. The smallest absolute Gasteiger partial charge is 0.309 e. The summed E-state index contributed by atoms with van der Waals surface area (Å²) in [4.78, 5) is 48.6. The van der Waals surface area contributed by atoms with Crippen LogP contribution in [0, 0.1) is 13.8 Å². The van der Waals surface area contributed by atoms with Crippen molar-refractivity contribution in [1.29, 1.82) is 0 Å². The number of carbonyl (C=O) groups excluding carboxylic acids is 4. The normalized spacial score (nSPS) is 12.1. The van der Waals surface area contributed by atoms with Gasteiger partial charge in [0.1, 0.15) is 5.75 Å². The number of hydrogen-bond donors (Lipinski definition) is 3. The number of para-hydroxylation sites is 1. The summed E-state index contributed by atoms with van der Waals surface area (Å²) in [5, 5.41) is 7.94. The van der Waals surface area contributed by atoms with Crippen molar-refractivity contribution >= 4 is 29.4 Å². The Balaban J connectivity index is 1.89. The highest BCUT2D eigenvalue weighted by Crippen LogP contribution is 2.21. The summed E-state index contributed by atoms with van der Waals surface area (Å²) in [6, 6.07) is 11.9. The average molecular weight is 470 g/mol. The van der Waals surface area contributed by atoms with E-state index in [4.69, 9.17) is 9.47 Å². The van der Waals surface area contributed by atoms with Crippen LogP contribution < -0.4 is 20.7 Å². The molecule has 0 saturated heterocycles. The lowest BCUT2D eigenvalue weighted by Crippen LogP contribution is -2.40. The number of aryl methyl sites for hydroxylation is 2. The van der Waals surface area contributed by atoms with Crippen molar-refractivity contribution in [3.8, 4) is 5.75 Å². The molecule has 9 heteroatoms. The predicted molar refractivity (Wildman–Crippen MR) is 127 cm³/mol. The quantitative estimate of drug-likeness (QED) is 0.460. The first-order chi connectivity index (χ1) is 16.1. The first-order valence-corrected chi connectivity index (χ1v) is 10.8. The molecule has 0 heterocycles. The Morgan fingerprint density at radius 3 is 2.15 bits per heavy atom. The zero-order valence-electron chi connectivity index (χ0n) is 20.1. The van der Waals surface area contributed by atoms with Gasteiger partial charge in [0.2, 0.25) is 11.8 Å². The summed E-state index contributed by atoms with van der Waals surface area (Å²) in [7, 11) is 1.54. The average Bonchev–Trinajstić information content (AvgIpc) is 2.79. The minimum absolute atomic E-state index is 0.170. The van der Waals surface area contributed by atoms with Gasteiger partial charge in [0.05, 0.1) is 26.1 Å². The van der Waals surface area contributed by atoms with Gasteiger partial charge in [0, 0.05) is 12.6 Å². The minimum Gasteiger partial charge on any atom is -0.497 e. The van der Waals surface area contributed by atoms with E-state index in [2.05, 4.69) is 16.0 Å². The summed E-state index contributed by atoms with van der Waals surface area (Å²) in [6.07, 6.45) is -1.29. The molecule has 0 bridgehead atoms. The second-order valence-corrected chi connectivity index (χ2v) is 7.90. The number of hydrogen-bond acceptors (Lipinski definition) is 6. The molecule has 0 aliphatic carbocycles. The number of rotatable bonds is 10. The molecule has 3 N–H and O–H groups in total. The molecule has 3 amide bonds. The molecule has 0 aliphatic rings. The number of amides is 3. The van der Waals surface area contributed by atoms with Crippen molar-refractivity contribution in [2.45, 2.75) is 46.3 Å². The molecular weight excluding hydrogens is 438 g/mol. The van der Waals surface area contributed by atoms with Gasteiger partial charge in [-0.3, -0.25) is 19.2 Å². The Morgan fingerprint density at radius 1 is 0.971 bits per heavy atom. The van der Waals surface area contributed by atoms with Crippen molar-refractivity contribution in [2.75, 3.05) is 19.0 Å². The highest BCUT2D eigenvalue weighted by atomic mass is 16.5. The molecule has 2 atom stereocenters. The van der Waals surface area contributed by atoms with Gasteiger partial charge in [0.15, 0.2) is 6.10 Å². The Morgan fingerprint density at radius 2 is 1.59 bits per heavy atom. The van der Waals surface area contributed by atoms with Crippen LogP contribution in [0.15, 0.2) is 42.5 Å². The molecule has 0 radical (unpaired) electrons. The molecular formula is C25H31N3O6. The molecule has 0 saturated carbocycles. The van der Waals surface area contributed by atoms with Crippen LogP contribution in [0.1, 0.15) is 43.0 Å². The van der Waals surface area contributed by atoms with Crippen LogP contribution in [0.3, 0.4) is 0 Å². The standard InChI is InChI=1S/C25H31N3O6/c1-15-7-6-8-16(2)24(15)28-22(30)14-26-25(32)17(3)34-23(31)13-21(27-18(4)29)19-9-11-20(33-5)12-10-19/h6-12,17,21H,13-14H2,1-5H3,(H,26,32)(H,27,29)(H,28,30). The molecule has 34 heavy (non-hydrogen) atoms. The van der Waals surface area contributed by atoms with Crippen LogP contribution >= 0.6 is 0 Å². The number of methoxy groups -OCH3 is 1. The van der Waals surface area contributed by atoms with Crippen molar-refractivity contribution in [2.24, 2.45) is 0 Å². The van der Waals surface area contributed by atoms with Crippen LogP contribution in [0.25, 0.3) is 0 Å². The van der Waals surface area contributed by atoms with Gasteiger partial charge >= 0.3 is 5.97 Å². The zero-order chi connectivity index (χ0) is 25.3. The first-order valence-electron chi connectivity index (χ1n) is 10.8. The van der Waals surface area contributed by atoms with E-state index in [1.54, 1.807) is 24.3 Å². The molecule has 182 valence electrons. The van der Waals surface area contributed by atoms with E-state index in [9.17, 15) is 19.2 Å². The van der Waals surface area contributed by atoms with E-state index in [1.165, 1.54) is 21.0 Å². The third kappa shape index (κ3) is 7.91. The zero-order valence-corrected chi connectivity index (χ0v) is 20.1. The number of carbonyl (C=O) groups is 4. The van der Waals surface area contributed by atoms with E-state index in [0.717, 1.165) is 11.1 Å². The van der Waals surface area contributed by atoms with Crippen LogP contribution in [0.2, 0.25) is 0 Å². The second-order valence-electron chi connectivity index (χ2n) is 7.90. The van der Waals surface area contributed by atoms with Crippen molar-refractivity contribution < 1.29 is 28.7 Å². The minimum atomic E-state index is -1.12. The lowest BCUT2D eigenvalue weighted by molar-refractivity contribution is -0.155. The van der Waals surface area contributed by atoms with Crippen molar-refractivity contribution in [3.05, 3.63) is 59.2 Å². The number of benzene rings is 2. The highest BCUT2D eigenvalue weighted by Gasteiger charge is 2.23. The summed E-state index contributed by atoms with van der Waals surface area (Å²) in [6.45, 7) is 6.25. The Kier molecular flexibility index (Phi) is 9.61. The SMILES string of the molecule is COc1ccc(C(CC(=O)OC(C)C(=O)NCC(=O)Nc2c(C)cccc2C)NC(C)=O)cc1. The van der Waals surface area contributed by atoms with Crippen LogP contribution in [-0.4, -0.2) is 43.4 Å². The molecule has 2 aromatic rings. The van der Waals surface area contributed by atoms with Crippen molar-refractivity contribution in [3.63, 3.8) is 0 Å². The van der Waals surface area contributed by atoms with E-state index in [-0.39, 0.29) is 18.9 Å². The lowest BCUT2D eigenvalue weighted by atomic mass is 10.0. The topological polar surface area (TPSA) is 123 Å². The van der Waals surface area contributed by atoms with Crippen LogP contribution in [-0.2, 0) is 23.9 Å². The van der Waals surface area contributed by atoms with E-state index >= 15 is 0 Å². The number of nitrogens with one attached hydrogen (secondary N) is 3. The van der Waals surface area contributed by atoms with Crippen LogP contribution in [0.5, 0.6) is 5.75 Å². The van der Waals surface area contributed by atoms with E-state index < -0.39 is 29.9 Å². The summed E-state index contributed by atoms with van der Waals surface area (Å²) in [5.74, 6) is -1.34. The number of anilines is 1. The lowest BCUT2D eigenvalue weighted by Gasteiger charge is -2.19. The third-order valence-electron chi connectivity index (χ3n) is 5.11. The van der Waals surface area contributed by atoms with Gasteiger partial charge in [-0.1, -0.05) is 30.3 Å². The van der Waals surface area contributed by atoms with E-state index in [0.29, 0.717) is 17.0 Å². The van der Waals surface area contributed by atoms with Gasteiger partial charge in [-0.15, -0.1) is 0 Å². The number of ether oxygens (including phenoxy) is 2. The monoisotopic (exact) mass is 469 g/mol. The maximum Gasteiger partial charge on any atom is 0.309 e. The molecule has 2 unspecified atom stereocenters. The van der Waals surface area contributed by atoms with Crippen LogP contribution in [0.4, 0.5) is 5.69 Å². The summed E-state index contributed by atoms with van der Waals surface area (Å²) < 4.78 is 10.3. The third-order valence-corrected chi connectivity index (χ3v) is 5.11. The predicted octanol–water partition coefficient (Wildman–Crippen LogP) is 2.57. The fourth-order valence-electron chi connectivity index (χ4n) is 3.31. The Labute approximate surface area is 199 Å². The molecule has 2 aromatic carbocycles. The molecule has 0 aliphatic heterocycles. The maximum absolute atomic E-state index is 12.4. The summed E-state index contributed by atoms with van der Waals surface area (Å²) >= 11 is 0. The second kappa shape index (κ2) is 12.4. The summed E-state index contributed by atoms with van der Waals surface area (Å²) in [5.41, 5.74) is 3.21. The van der Waals surface area contributed by atoms with E-state index in [1.807, 2.05) is 32.0 Å². The number of esters is 1. The van der Waals surface area contributed by atoms with Gasteiger partial charge in [-0.2, -0.15) is 0 Å². The van der Waals surface area contributed by atoms with Gasteiger partial charge in [0.25, 0.3) is 5.91 Å². The maximum atomic E-state index is 12.4.